The van der Waals surface area contributed by atoms with E-state index in [-0.39, 0.29) is 17.2 Å². The summed E-state index contributed by atoms with van der Waals surface area (Å²) in [6.07, 6.45) is 0. The Morgan fingerprint density at radius 3 is 2.52 bits per heavy atom. The summed E-state index contributed by atoms with van der Waals surface area (Å²) in [5, 5.41) is 1.11. The standard InChI is InChI=1S/C22H22N2O5/c1-28-12-11-24(14-16-7-3-2-4-8-16)20(25)15-29-22(27)19-13-17-9-5-6-10-18(17)21(26)23-19/h2-10,13H,11-12,14-15H2,1H3,(H,23,26). The third kappa shape index (κ3) is 5.30. The van der Waals surface area contributed by atoms with Crippen molar-refractivity contribution in [1.29, 1.82) is 0 Å². The molecule has 1 aromatic heterocycles. The highest BCUT2D eigenvalue weighted by Crippen LogP contribution is 2.11. The number of aromatic nitrogens is 1. The van der Waals surface area contributed by atoms with Gasteiger partial charge in [-0.05, 0) is 23.1 Å². The normalized spacial score (nSPS) is 10.7. The molecule has 0 spiro atoms. The fourth-order valence-corrected chi connectivity index (χ4v) is 2.91. The molecule has 0 saturated heterocycles. The summed E-state index contributed by atoms with van der Waals surface area (Å²) in [6, 6.07) is 18.0. The zero-order chi connectivity index (χ0) is 20.6. The van der Waals surface area contributed by atoms with Crippen molar-refractivity contribution in [2.75, 3.05) is 26.9 Å². The highest BCUT2D eigenvalue weighted by molar-refractivity contribution is 5.94. The summed E-state index contributed by atoms with van der Waals surface area (Å²) in [7, 11) is 1.56. The maximum Gasteiger partial charge on any atom is 0.355 e. The smallest absolute Gasteiger partial charge is 0.355 e. The molecule has 0 fully saturated rings. The van der Waals surface area contributed by atoms with Crippen LogP contribution < -0.4 is 5.56 Å². The molecule has 3 rings (SSSR count). The number of benzene rings is 2. The molecule has 3 aromatic rings. The van der Waals surface area contributed by atoms with E-state index in [1.54, 1.807) is 36.3 Å². The largest absolute Gasteiger partial charge is 0.451 e. The Balaban J connectivity index is 1.67. The first kappa shape index (κ1) is 20.3. The lowest BCUT2D eigenvalue weighted by molar-refractivity contribution is -0.135. The third-order valence-corrected chi connectivity index (χ3v) is 4.43. The van der Waals surface area contributed by atoms with Crippen molar-refractivity contribution in [2.24, 2.45) is 0 Å². The SMILES string of the molecule is COCCN(Cc1ccccc1)C(=O)COC(=O)c1cc2ccccc2c(=O)[nH]1. The highest BCUT2D eigenvalue weighted by Gasteiger charge is 2.18. The molecular formula is C22H22N2O5. The number of H-pyrrole nitrogens is 1. The number of rotatable bonds is 8. The van der Waals surface area contributed by atoms with E-state index in [1.165, 1.54) is 6.07 Å². The fraction of sp³-hybridized carbons (Fsp3) is 0.227. The summed E-state index contributed by atoms with van der Waals surface area (Å²) in [5.74, 6) is -1.10. The second-order valence-electron chi connectivity index (χ2n) is 6.47. The number of ether oxygens (including phenoxy) is 2. The van der Waals surface area contributed by atoms with Crippen LogP contribution in [-0.2, 0) is 20.8 Å². The second-order valence-corrected chi connectivity index (χ2v) is 6.47. The molecule has 1 N–H and O–H groups in total. The van der Waals surface area contributed by atoms with Crippen molar-refractivity contribution >= 4 is 22.6 Å². The van der Waals surface area contributed by atoms with E-state index < -0.39 is 12.6 Å². The van der Waals surface area contributed by atoms with Gasteiger partial charge in [0.15, 0.2) is 6.61 Å². The number of nitrogens with one attached hydrogen (secondary N) is 1. The predicted molar refractivity (Wildman–Crippen MR) is 109 cm³/mol. The zero-order valence-electron chi connectivity index (χ0n) is 16.1. The van der Waals surface area contributed by atoms with Crippen molar-refractivity contribution in [3.05, 3.63) is 82.3 Å². The molecule has 0 aliphatic carbocycles. The van der Waals surface area contributed by atoms with Crippen LogP contribution in [0.2, 0.25) is 0 Å². The van der Waals surface area contributed by atoms with Crippen LogP contribution in [0.1, 0.15) is 16.1 Å². The van der Waals surface area contributed by atoms with Crippen LogP contribution in [-0.4, -0.2) is 48.6 Å². The number of nitrogens with zero attached hydrogens (tertiary/aromatic N) is 1. The number of carbonyl (C=O) groups excluding carboxylic acids is 2. The van der Waals surface area contributed by atoms with Gasteiger partial charge in [0.1, 0.15) is 5.69 Å². The number of hydrogen-bond acceptors (Lipinski definition) is 5. The summed E-state index contributed by atoms with van der Waals surface area (Å²) in [6.45, 7) is 0.691. The number of pyridine rings is 1. The van der Waals surface area contributed by atoms with Crippen molar-refractivity contribution in [3.63, 3.8) is 0 Å². The minimum atomic E-state index is -0.757. The minimum Gasteiger partial charge on any atom is -0.451 e. The summed E-state index contributed by atoms with van der Waals surface area (Å²) >= 11 is 0. The summed E-state index contributed by atoms with van der Waals surface area (Å²) < 4.78 is 10.2. The van der Waals surface area contributed by atoms with E-state index in [0.717, 1.165) is 5.56 Å². The van der Waals surface area contributed by atoms with Gasteiger partial charge >= 0.3 is 5.97 Å². The highest BCUT2D eigenvalue weighted by atomic mass is 16.5. The Bertz CT molecular complexity index is 1050. The first-order valence-corrected chi connectivity index (χ1v) is 9.18. The number of methoxy groups -OCH3 is 1. The van der Waals surface area contributed by atoms with E-state index in [9.17, 15) is 14.4 Å². The molecule has 0 unspecified atom stereocenters. The Morgan fingerprint density at radius 2 is 1.76 bits per heavy atom. The molecule has 0 atom stereocenters. The molecular weight excluding hydrogens is 372 g/mol. The maximum absolute atomic E-state index is 12.6. The Morgan fingerprint density at radius 1 is 1.03 bits per heavy atom. The third-order valence-electron chi connectivity index (χ3n) is 4.43. The quantitative estimate of drug-likeness (QED) is 0.593. The van der Waals surface area contributed by atoms with E-state index >= 15 is 0 Å². The Hall–Kier alpha value is -3.45. The van der Waals surface area contributed by atoms with Crippen LogP contribution in [0.3, 0.4) is 0 Å². The number of fused-ring (bicyclic) bond motifs is 1. The van der Waals surface area contributed by atoms with Crippen LogP contribution in [0.5, 0.6) is 0 Å². The van der Waals surface area contributed by atoms with Gasteiger partial charge < -0.3 is 19.4 Å². The molecule has 0 aliphatic heterocycles. The molecule has 0 radical (unpaired) electrons. The van der Waals surface area contributed by atoms with E-state index in [2.05, 4.69) is 4.98 Å². The van der Waals surface area contributed by atoms with Gasteiger partial charge in [-0.15, -0.1) is 0 Å². The topological polar surface area (TPSA) is 88.7 Å². The van der Waals surface area contributed by atoms with Gasteiger partial charge in [-0.3, -0.25) is 9.59 Å². The van der Waals surface area contributed by atoms with E-state index in [4.69, 9.17) is 9.47 Å². The lowest BCUT2D eigenvalue weighted by Gasteiger charge is -2.22. The first-order chi connectivity index (χ1) is 14.1. The molecule has 7 heteroatoms. The van der Waals surface area contributed by atoms with Gasteiger partial charge in [-0.1, -0.05) is 48.5 Å². The van der Waals surface area contributed by atoms with Crippen LogP contribution in [0, 0.1) is 0 Å². The van der Waals surface area contributed by atoms with Crippen molar-refractivity contribution < 1.29 is 19.1 Å². The van der Waals surface area contributed by atoms with Crippen LogP contribution in [0.25, 0.3) is 10.8 Å². The van der Waals surface area contributed by atoms with Gasteiger partial charge in [0, 0.05) is 25.6 Å². The lowest BCUT2D eigenvalue weighted by Crippen LogP contribution is -2.36. The molecule has 1 amide bonds. The molecule has 0 saturated carbocycles. The number of hydrogen-bond donors (Lipinski definition) is 1. The van der Waals surface area contributed by atoms with Gasteiger partial charge in [-0.25, -0.2) is 4.79 Å². The number of aromatic amines is 1. The van der Waals surface area contributed by atoms with Crippen LogP contribution in [0.4, 0.5) is 0 Å². The molecule has 29 heavy (non-hydrogen) atoms. The number of carbonyl (C=O) groups is 2. The van der Waals surface area contributed by atoms with E-state index in [0.29, 0.717) is 30.5 Å². The summed E-state index contributed by atoms with van der Waals surface area (Å²) in [5.41, 5.74) is 0.585. The molecule has 0 aliphatic rings. The Labute approximate surface area is 167 Å². The average Bonchev–Trinajstić information content (AvgIpc) is 2.75. The monoisotopic (exact) mass is 394 g/mol. The van der Waals surface area contributed by atoms with E-state index in [1.807, 2.05) is 30.3 Å². The maximum atomic E-state index is 12.6. The van der Waals surface area contributed by atoms with Gasteiger partial charge in [0.2, 0.25) is 0 Å². The lowest BCUT2D eigenvalue weighted by atomic mass is 10.1. The van der Waals surface area contributed by atoms with Gasteiger partial charge in [-0.2, -0.15) is 0 Å². The molecule has 150 valence electrons. The zero-order valence-corrected chi connectivity index (χ0v) is 16.1. The van der Waals surface area contributed by atoms with Crippen molar-refractivity contribution in [2.45, 2.75) is 6.54 Å². The van der Waals surface area contributed by atoms with Gasteiger partial charge in [0.05, 0.1) is 6.61 Å². The summed E-state index contributed by atoms with van der Waals surface area (Å²) in [4.78, 5) is 41.1. The molecule has 7 nitrogen and oxygen atoms in total. The van der Waals surface area contributed by atoms with Crippen molar-refractivity contribution in [3.8, 4) is 0 Å². The molecule has 1 heterocycles. The molecule has 0 bridgehead atoms. The number of esters is 1. The average molecular weight is 394 g/mol. The Kier molecular flexibility index (Phi) is 6.76. The predicted octanol–water partition coefficient (Wildman–Crippen LogP) is 2.36. The fourth-order valence-electron chi connectivity index (χ4n) is 2.91. The second kappa shape index (κ2) is 9.66. The van der Waals surface area contributed by atoms with Crippen LogP contribution in [0.15, 0.2) is 65.5 Å². The van der Waals surface area contributed by atoms with Crippen molar-refractivity contribution in [1.82, 2.24) is 9.88 Å². The minimum absolute atomic E-state index is 0.00741. The molecule has 2 aromatic carbocycles. The first-order valence-electron chi connectivity index (χ1n) is 9.18. The number of amides is 1. The van der Waals surface area contributed by atoms with Gasteiger partial charge in [0.25, 0.3) is 11.5 Å². The van der Waals surface area contributed by atoms with Crippen LogP contribution >= 0.6 is 0 Å².